The molecule has 31 heavy (non-hydrogen) atoms. The predicted octanol–water partition coefficient (Wildman–Crippen LogP) is 2.61. The first kappa shape index (κ1) is 20.4. The van der Waals surface area contributed by atoms with Gasteiger partial charge in [0, 0.05) is 13.0 Å². The molecule has 0 bridgehead atoms. The molecule has 1 unspecified atom stereocenters. The predicted molar refractivity (Wildman–Crippen MR) is 113 cm³/mol. The fraction of sp³-hybridized carbons (Fsp3) is 0.208. The summed E-state index contributed by atoms with van der Waals surface area (Å²) in [6.45, 7) is 0.605. The second-order valence-corrected chi connectivity index (χ2v) is 7.49. The molecule has 3 amide bonds. The van der Waals surface area contributed by atoms with Crippen LogP contribution >= 0.6 is 0 Å². The molecule has 1 atom stereocenters. The minimum atomic E-state index is -0.566. The Morgan fingerprint density at radius 2 is 1.58 bits per heavy atom. The third kappa shape index (κ3) is 4.83. The van der Waals surface area contributed by atoms with Gasteiger partial charge in [-0.1, -0.05) is 60.7 Å². The van der Waals surface area contributed by atoms with Crippen LogP contribution in [0.25, 0.3) is 0 Å². The van der Waals surface area contributed by atoms with Crippen molar-refractivity contribution < 1.29 is 18.8 Å². The highest BCUT2D eigenvalue weighted by Gasteiger charge is 2.35. The van der Waals surface area contributed by atoms with E-state index in [1.807, 2.05) is 60.7 Å². The van der Waals surface area contributed by atoms with Crippen molar-refractivity contribution in [1.29, 1.82) is 0 Å². The molecule has 2 heterocycles. The van der Waals surface area contributed by atoms with E-state index in [4.69, 9.17) is 4.42 Å². The SMILES string of the molecule is O=C(NNC(=O)C(c1ccccc1)c1ccccc1)C1CC(=O)N(Cc2ccco2)C1. The standard InChI is InChI=1S/C24H23N3O4/c28-21-14-19(15-27(21)16-20-12-7-13-31-20)23(29)25-26-24(30)22(17-8-3-1-4-9-17)18-10-5-2-6-11-18/h1-13,19,22H,14-16H2,(H,25,29)(H,26,30). The number of nitrogens with one attached hydrogen (secondary N) is 2. The number of hydrogen-bond donors (Lipinski definition) is 2. The Morgan fingerprint density at radius 1 is 0.935 bits per heavy atom. The second kappa shape index (κ2) is 9.30. The van der Waals surface area contributed by atoms with E-state index in [2.05, 4.69) is 10.9 Å². The van der Waals surface area contributed by atoms with Gasteiger partial charge in [0.1, 0.15) is 5.76 Å². The van der Waals surface area contributed by atoms with Gasteiger partial charge in [-0.05, 0) is 23.3 Å². The van der Waals surface area contributed by atoms with Gasteiger partial charge in [0.15, 0.2) is 0 Å². The summed E-state index contributed by atoms with van der Waals surface area (Å²) in [7, 11) is 0. The van der Waals surface area contributed by atoms with E-state index >= 15 is 0 Å². The minimum absolute atomic E-state index is 0.100. The van der Waals surface area contributed by atoms with Gasteiger partial charge in [0.05, 0.1) is 24.6 Å². The van der Waals surface area contributed by atoms with Gasteiger partial charge in [0.2, 0.25) is 17.7 Å². The molecule has 0 aliphatic carbocycles. The van der Waals surface area contributed by atoms with Crippen LogP contribution in [-0.4, -0.2) is 29.2 Å². The highest BCUT2D eigenvalue weighted by atomic mass is 16.3. The molecule has 2 N–H and O–H groups in total. The zero-order chi connectivity index (χ0) is 21.6. The van der Waals surface area contributed by atoms with E-state index < -0.39 is 11.8 Å². The monoisotopic (exact) mass is 417 g/mol. The maximum atomic E-state index is 13.0. The summed E-state index contributed by atoms with van der Waals surface area (Å²) in [5.41, 5.74) is 6.69. The van der Waals surface area contributed by atoms with Gasteiger partial charge < -0.3 is 9.32 Å². The molecule has 0 saturated carbocycles. The molecule has 4 rings (SSSR count). The Hall–Kier alpha value is -3.87. The summed E-state index contributed by atoms with van der Waals surface area (Å²) in [5.74, 6) is -1.28. The number of amides is 3. The number of likely N-dealkylation sites (tertiary alicyclic amines) is 1. The fourth-order valence-electron chi connectivity index (χ4n) is 3.77. The number of benzene rings is 2. The van der Waals surface area contributed by atoms with Crippen LogP contribution in [0.5, 0.6) is 0 Å². The lowest BCUT2D eigenvalue weighted by Crippen LogP contribution is -2.47. The zero-order valence-electron chi connectivity index (χ0n) is 16.9. The molecule has 7 heteroatoms. The molecule has 1 saturated heterocycles. The van der Waals surface area contributed by atoms with Crippen LogP contribution in [0.3, 0.4) is 0 Å². The summed E-state index contributed by atoms with van der Waals surface area (Å²) in [5, 5.41) is 0. The molecule has 158 valence electrons. The number of carbonyl (C=O) groups is 3. The topological polar surface area (TPSA) is 91.7 Å². The smallest absolute Gasteiger partial charge is 0.250 e. The maximum Gasteiger partial charge on any atom is 0.250 e. The third-order valence-electron chi connectivity index (χ3n) is 5.35. The van der Waals surface area contributed by atoms with E-state index in [1.165, 1.54) is 0 Å². The number of nitrogens with zero attached hydrogens (tertiary/aromatic N) is 1. The Labute approximate surface area is 180 Å². The Bertz CT molecular complexity index is 996. The summed E-state index contributed by atoms with van der Waals surface area (Å²) in [6, 6.07) is 22.3. The van der Waals surface area contributed by atoms with E-state index in [0.29, 0.717) is 12.3 Å². The molecule has 1 fully saturated rings. The lowest BCUT2D eigenvalue weighted by atomic mass is 9.91. The van der Waals surface area contributed by atoms with Crippen molar-refractivity contribution in [1.82, 2.24) is 15.8 Å². The van der Waals surface area contributed by atoms with Crippen LogP contribution in [0.15, 0.2) is 83.5 Å². The fourth-order valence-corrected chi connectivity index (χ4v) is 3.77. The van der Waals surface area contributed by atoms with Crippen molar-refractivity contribution in [2.45, 2.75) is 18.9 Å². The number of rotatable bonds is 6. The van der Waals surface area contributed by atoms with Crippen molar-refractivity contribution in [2.24, 2.45) is 5.92 Å². The molecule has 0 spiro atoms. The van der Waals surface area contributed by atoms with E-state index in [0.717, 1.165) is 11.1 Å². The first-order valence-electron chi connectivity index (χ1n) is 10.1. The van der Waals surface area contributed by atoms with Gasteiger partial charge in [0.25, 0.3) is 0 Å². The molecular weight excluding hydrogens is 394 g/mol. The van der Waals surface area contributed by atoms with Crippen LogP contribution in [-0.2, 0) is 20.9 Å². The van der Waals surface area contributed by atoms with Crippen LogP contribution in [0.1, 0.15) is 29.2 Å². The normalized spacial score (nSPS) is 15.8. The molecule has 1 aliphatic rings. The molecule has 1 aromatic heterocycles. The first-order valence-corrected chi connectivity index (χ1v) is 10.1. The number of hydrogen-bond acceptors (Lipinski definition) is 4. The maximum absolute atomic E-state index is 13.0. The highest BCUT2D eigenvalue weighted by Crippen LogP contribution is 2.25. The number of furan rings is 1. The van der Waals surface area contributed by atoms with Crippen LogP contribution in [0.4, 0.5) is 0 Å². The number of carbonyl (C=O) groups excluding carboxylic acids is 3. The second-order valence-electron chi connectivity index (χ2n) is 7.49. The first-order chi connectivity index (χ1) is 15.1. The number of hydrazine groups is 1. The summed E-state index contributed by atoms with van der Waals surface area (Å²) in [6.07, 6.45) is 1.65. The molecule has 0 radical (unpaired) electrons. The average molecular weight is 417 g/mol. The van der Waals surface area contributed by atoms with Crippen LogP contribution in [0, 0.1) is 5.92 Å². The van der Waals surface area contributed by atoms with Crippen molar-refractivity contribution in [2.75, 3.05) is 6.54 Å². The van der Waals surface area contributed by atoms with E-state index in [-0.39, 0.29) is 30.7 Å². The lowest BCUT2D eigenvalue weighted by molar-refractivity contribution is -0.131. The lowest BCUT2D eigenvalue weighted by Gasteiger charge is -2.19. The van der Waals surface area contributed by atoms with Crippen molar-refractivity contribution in [3.63, 3.8) is 0 Å². The zero-order valence-corrected chi connectivity index (χ0v) is 16.9. The van der Waals surface area contributed by atoms with E-state index in [1.54, 1.807) is 23.3 Å². The van der Waals surface area contributed by atoms with Gasteiger partial charge >= 0.3 is 0 Å². The summed E-state index contributed by atoms with van der Waals surface area (Å²) >= 11 is 0. The molecule has 1 aliphatic heterocycles. The Morgan fingerprint density at radius 3 is 2.16 bits per heavy atom. The third-order valence-corrected chi connectivity index (χ3v) is 5.35. The summed E-state index contributed by atoms with van der Waals surface area (Å²) < 4.78 is 5.28. The molecule has 2 aromatic carbocycles. The molecule has 3 aromatic rings. The quantitative estimate of drug-likeness (QED) is 0.603. The van der Waals surface area contributed by atoms with E-state index in [9.17, 15) is 14.4 Å². The molecule has 7 nitrogen and oxygen atoms in total. The van der Waals surface area contributed by atoms with Crippen molar-refractivity contribution in [3.05, 3.63) is 95.9 Å². The largest absolute Gasteiger partial charge is 0.467 e. The van der Waals surface area contributed by atoms with Crippen LogP contribution < -0.4 is 10.9 Å². The van der Waals surface area contributed by atoms with Gasteiger partial charge in [-0.3, -0.25) is 25.2 Å². The molecular formula is C24H23N3O4. The minimum Gasteiger partial charge on any atom is -0.467 e. The van der Waals surface area contributed by atoms with Crippen molar-refractivity contribution in [3.8, 4) is 0 Å². The summed E-state index contributed by atoms with van der Waals surface area (Å²) in [4.78, 5) is 39.4. The van der Waals surface area contributed by atoms with Gasteiger partial charge in [-0.15, -0.1) is 0 Å². The van der Waals surface area contributed by atoms with Crippen molar-refractivity contribution >= 4 is 17.7 Å². The van der Waals surface area contributed by atoms with Crippen LogP contribution in [0.2, 0.25) is 0 Å². The van der Waals surface area contributed by atoms with Gasteiger partial charge in [-0.25, -0.2) is 0 Å². The Balaban J connectivity index is 1.39. The van der Waals surface area contributed by atoms with Gasteiger partial charge in [-0.2, -0.15) is 0 Å². The highest BCUT2D eigenvalue weighted by molar-refractivity contribution is 5.92. The average Bonchev–Trinajstić information content (AvgIpc) is 3.44. The Kier molecular flexibility index (Phi) is 6.12.